The molecule has 4 aromatic rings. The molecule has 1 aliphatic heterocycles. The maximum absolute atomic E-state index is 13.9. The van der Waals surface area contributed by atoms with Crippen LogP contribution in [0.25, 0.3) is 17.1 Å². The highest BCUT2D eigenvalue weighted by atomic mass is 19.3. The molecular formula is C29H32F2N6O2. The lowest BCUT2D eigenvalue weighted by atomic mass is 9.89. The third-order valence-corrected chi connectivity index (χ3v) is 8.01. The van der Waals surface area contributed by atoms with Gasteiger partial charge >= 0.3 is 6.43 Å². The normalized spacial score (nSPS) is 17.7. The van der Waals surface area contributed by atoms with Gasteiger partial charge < -0.3 is 18.6 Å². The molecule has 0 N–H and O–H groups in total. The fraction of sp³-hybridized carbons (Fsp3) is 0.448. The van der Waals surface area contributed by atoms with Crippen molar-refractivity contribution in [2.24, 2.45) is 5.92 Å². The summed E-state index contributed by atoms with van der Waals surface area (Å²) in [5, 5.41) is 7.13. The molecule has 0 bridgehead atoms. The van der Waals surface area contributed by atoms with Crippen molar-refractivity contribution in [1.82, 2.24) is 24.5 Å². The van der Waals surface area contributed by atoms with Gasteiger partial charge in [0.15, 0.2) is 0 Å². The van der Waals surface area contributed by atoms with E-state index in [0.717, 1.165) is 37.3 Å². The van der Waals surface area contributed by atoms with E-state index in [0.29, 0.717) is 23.8 Å². The van der Waals surface area contributed by atoms with Gasteiger partial charge in [-0.3, -0.25) is 4.79 Å². The van der Waals surface area contributed by atoms with Crippen LogP contribution in [0.15, 0.2) is 59.3 Å². The van der Waals surface area contributed by atoms with Crippen molar-refractivity contribution in [2.45, 2.75) is 64.0 Å². The third-order valence-electron chi connectivity index (χ3n) is 8.01. The fourth-order valence-electron chi connectivity index (χ4n) is 5.93. The number of pyridine rings is 1. The van der Waals surface area contributed by atoms with Crippen LogP contribution in [0.3, 0.4) is 0 Å². The minimum atomic E-state index is -2.82. The van der Waals surface area contributed by atoms with Gasteiger partial charge in [-0.15, -0.1) is 10.2 Å². The molecular weight excluding hydrogens is 502 g/mol. The standard InChI is InChI=1S/C29H32F2N6O2/c30-26(31)28-34-33-27(39-28)21-13-16-36-18-22(32-25(36)17-21)19-37(24-9-5-2-6-10-24)29(38)20-11-14-35(15-12-20)23-7-3-1-4-8-23/h2,5-6,9-10,13,16-18,20,23,26H,1,3-4,7-8,11-12,14-15,19H2. The summed E-state index contributed by atoms with van der Waals surface area (Å²) in [6.07, 6.45) is 9.11. The van der Waals surface area contributed by atoms with Crippen LogP contribution in [0.1, 0.15) is 63.0 Å². The average Bonchev–Trinajstić information content (AvgIpc) is 3.64. The molecule has 1 saturated heterocycles. The van der Waals surface area contributed by atoms with Crippen LogP contribution in [-0.2, 0) is 11.3 Å². The van der Waals surface area contributed by atoms with E-state index in [1.54, 1.807) is 18.3 Å². The summed E-state index contributed by atoms with van der Waals surface area (Å²) < 4.78 is 32.7. The summed E-state index contributed by atoms with van der Waals surface area (Å²) >= 11 is 0. The van der Waals surface area contributed by atoms with E-state index in [9.17, 15) is 13.6 Å². The Morgan fingerprint density at radius 3 is 2.51 bits per heavy atom. The van der Waals surface area contributed by atoms with Crippen LogP contribution in [-0.4, -0.2) is 49.5 Å². The Kier molecular flexibility index (Phi) is 7.36. The van der Waals surface area contributed by atoms with Gasteiger partial charge in [0.1, 0.15) is 5.65 Å². The average molecular weight is 535 g/mol. The number of amides is 1. The predicted octanol–water partition coefficient (Wildman–Crippen LogP) is 5.90. The number of fused-ring (bicyclic) bond motifs is 1. The number of hydrogen-bond acceptors (Lipinski definition) is 6. The Morgan fingerprint density at radius 1 is 1.03 bits per heavy atom. The minimum absolute atomic E-state index is 0.0120. The van der Waals surface area contributed by atoms with Gasteiger partial charge in [-0.05, 0) is 63.0 Å². The van der Waals surface area contributed by atoms with E-state index in [4.69, 9.17) is 9.40 Å². The molecule has 8 nitrogen and oxygen atoms in total. The highest BCUT2D eigenvalue weighted by molar-refractivity contribution is 5.95. The number of para-hydroxylation sites is 1. The summed E-state index contributed by atoms with van der Waals surface area (Å²) in [5.41, 5.74) is 2.67. The molecule has 1 aliphatic carbocycles. The first-order valence-corrected chi connectivity index (χ1v) is 13.7. The molecule has 204 valence electrons. The number of benzene rings is 1. The molecule has 2 aliphatic rings. The van der Waals surface area contributed by atoms with Gasteiger partial charge in [-0.25, -0.2) is 4.98 Å². The number of piperidine rings is 1. The molecule has 0 atom stereocenters. The van der Waals surface area contributed by atoms with Crippen molar-refractivity contribution in [3.8, 4) is 11.5 Å². The maximum atomic E-state index is 13.9. The molecule has 1 aromatic carbocycles. The topological polar surface area (TPSA) is 79.8 Å². The first kappa shape index (κ1) is 25.6. The molecule has 4 heterocycles. The van der Waals surface area contributed by atoms with Crippen molar-refractivity contribution < 1.29 is 18.0 Å². The zero-order valence-corrected chi connectivity index (χ0v) is 21.8. The van der Waals surface area contributed by atoms with Gasteiger partial charge in [0.2, 0.25) is 11.8 Å². The van der Waals surface area contributed by atoms with Crippen LogP contribution in [0.4, 0.5) is 14.5 Å². The highest BCUT2D eigenvalue weighted by Gasteiger charge is 2.32. The Hall–Kier alpha value is -3.66. The number of alkyl halides is 2. The van der Waals surface area contributed by atoms with Crippen molar-refractivity contribution in [3.05, 3.63) is 66.4 Å². The van der Waals surface area contributed by atoms with E-state index in [1.165, 1.54) is 32.1 Å². The molecule has 2 fully saturated rings. The third kappa shape index (κ3) is 5.56. The molecule has 0 spiro atoms. The second kappa shape index (κ2) is 11.2. The highest BCUT2D eigenvalue weighted by Crippen LogP contribution is 2.30. The lowest BCUT2D eigenvalue weighted by Crippen LogP contribution is -2.46. The quantitative estimate of drug-likeness (QED) is 0.294. The zero-order valence-electron chi connectivity index (χ0n) is 21.8. The lowest BCUT2D eigenvalue weighted by Gasteiger charge is -2.40. The van der Waals surface area contributed by atoms with Crippen LogP contribution < -0.4 is 4.90 Å². The van der Waals surface area contributed by atoms with Crippen molar-refractivity contribution in [3.63, 3.8) is 0 Å². The predicted molar refractivity (Wildman–Crippen MR) is 142 cm³/mol. The largest absolute Gasteiger partial charge is 0.415 e. The summed E-state index contributed by atoms with van der Waals surface area (Å²) in [7, 11) is 0. The Bertz CT molecular complexity index is 1410. The Morgan fingerprint density at radius 2 is 1.79 bits per heavy atom. The number of halogens is 2. The number of likely N-dealkylation sites (tertiary alicyclic amines) is 1. The Labute approximate surface area is 225 Å². The van der Waals surface area contributed by atoms with E-state index < -0.39 is 12.3 Å². The monoisotopic (exact) mass is 534 g/mol. The minimum Gasteiger partial charge on any atom is -0.415 e. The second-order valence-electron chi connectivity index (χ2n) is 10.5. The van der Waals surface area contributed by atoms with Gasteiger partial charge in [0.05, 0.1) is 12.2 Å². The van der Waals surface area contributed by atoms with Gasteiger partial charge in [0, 0.05) is 35.6 Å². The molecule has 10 heteroatoms. The van der Waals surface area contributed by atoms with Crippen LogP contribution >= 0.6 is 0 Å². The SMILES string of the molecule is O=C(C1CCN(C2CCCCC2)CC1)N(Cc1cn2ccc(-c3nnc(C(F)F)o3)cc2n1)c1ccccc1. The van der Waals surface area contributed by atoms with Crippen molar-refractivity contribution in [1.29, 1.82) is 0 Å². The second-order valence-corrected chi connectivity index (χ2v) is 10.5. The number of rotatable bonds is 7. The zero-order chi connectivity index (χ0) is 26.8. The molecule has 39 heavy (non-hydrogen) atoms. The van der Waals surface area contributed by atoms with E-state index in [2.05, 4.69) is 15.1 Å². The van der Waals surface area contributed by atoms with Crippen LogP contribution in [0, 0.1) is 5.92 Å². The fourth-order valence-corrected chi connectivity index (χ4v) is 5.93. The van der Waals surface area contributed by atoms with Gasteiger partial charge in [-0.2, -0.15) is 8.78 Å². The summed E-state index contributed by atoms with van der Waals surface area (Å²) in [6, 6.07) is 13.8. The number of carbonyl (C=O) groups is 1. The molecule has 1 saturated carbocycles. The maximum Gasteiger partial charge on any atom is 0.314 e. The number of nitrogens with zero attached hydrogens (tertiary/aromatic N) is 6. The first-order chi connectivity index (χ1) is 19.0. The number of anilines is 1. The summed E-state index contributed by atoms with van der Waals surface area (Å²) in [5.74, 6) is -0.587. The molecule has 3 aromatic heterocycles. The van der Waals surface area contributed by atoms with Crippen LogP contribution in [0.5, 0.6) is 0 Å². The van der Waals surface area contributed by atoms with E-state index in [-0.39, 0.29) is 17.7 Å². The molecule has 0 radical (unpaired) electrons. The lowest BCUT2D eigenvalue weighted by molar-refractivity contribution is -0.124. The number of hydrogen-bond donors (Lipinski definition) is 0. The number of carbonyl (C=O) groups excluding carboxylic acids is 1. The van der Waals surface area contributed by atoms with Gasteiger partial charge in [0.25, 0.3) is 5.89 Å². The molecule has 6 rings (SSSR count). The molecule has 0 unspecified atom stereocenters. The Balaban J connectivity index is 1.20. The first-order valence-electron chi connectivity index (χ1n) is 13.7. The van der Waals surface area contributed by atoms with Crippen molar-refractivity contribution in [2.75, 3.05) is 18.0 Å². The summed E-state index contributed by atoms with van der Waals surface area (Å²) in [4.78, 5) is 23.1. The smallest absolute Gasteiger partial charge is 0.314 e. The number of imidazole rings is 1. The van der Waals surface area contributed by atoms with Crippen LogP contribution in [0.2, 0.25) is 0 Å². The van der Waals surface area contributed by atoms with Crippen molar-refractivity contribution >= 4 is 17.2 Å². The number of aromatic nitrogens is 4. The van der Waals surface area contributed by atoms with E-state index >= 15 is 0 Å². The molecule has 1 amide bonds. The van der Waals surface area contributed by atoms with Gasteiger partial charge in [-0.1, -0.05) is 37.5 Å². The summed E-state index contributed by atoms with van der Waals surface area (Å²) in [6.45, 7) is 2.28. The van der Waals surface area contributed by atoms with E-state index in [1.807, 2.05) is 45.8 Å².